The number of aromatic nitrogens is 1. The summed E-state index contributed by atoms with van der Waals surface area (Å²) in [5.41, 5.74) is 2.67. The Morgan fingerprint density at radius 3 is 3.00 bits per heavy atom. The van der Waals surface area contributed by atoms with E-state index >= 15 is 0 Å². The van der Waals surface area contributed by atoms with Crippen LogP contribution in [0.25, 0.3) is 0 Å². The molecule has 1 aliphatic heterocycles. The first-order valence-corrected chi connectivity index (χ1v) is 6.89. The van der Waals surface area contributed by atoms with Gasteiger partial charge in [0.25, 0.3) is 0 Å². The van der Waals surface area contributed by atoms with Crippen LogP contribution in [0.4, 0.5) is 0 Å². The zero-order chi connectivity index (χ0) is 13.4. The molecule has 0 radical (unpaired) electrons. The van der Waals surface area contributed by atoms with Crippen LogP contribution < -0.4 is 10.2 Å². The number of pyridine rings is 1. The number of hydrogen-bond acceptors (Lipinski definition) is 4. The largest absolute Gasteiger partial charge is 0.497 e. The predicted octanol–water partition coefficient (Wildman–Crippen LogP) is 1.50. The smallest absolute Gasteiger partial charge is 0.493 e. The van der Waals surface area contributed by atoms with Gasteiger partial charge in [0.2, 0.25) is 0 Å². The Balaban J connectivity index is 2.13. The Hall–Kier alpha value is -1.12. The van der Waals surface area contributed by atoms with Crippen LogP contribution in [0.5, 0.6) is 5.75 Å². The molecule has 0 aliphatic carbocycles. The molecule has 0 fully saturated rings. The average Bonchev–Trinajstić information content (AvgIpc) is 2.77. The van der Waals surface area contributed by atoms with E-state index in [0.717, 1.165) is 25.9 Å². The molecule has 0 saturated heterocycles. The summed E-state index contributed by atoms with van der Waals surface area (Å²) in [5.74, 6) is 0.759. The number of hydrogen-bond donors (Lipinski definition) is 1. The van der Waals surface area contributed by atoms with Crippen molar-refractivity contribution in [3.63, 3.8) is 0 Å². The first-order valence-electron chi connectivity index (χ1n) is 5.81. The van der Waals surface area contributed by atoms with Gasteiger partial charge in [-0.3, -0.25) is 4.98 Å². The van der Waals surface area contributed by atoms with Gasteiger partial charge < -0.3 is 14.4 Å². The highest BCUT2D eigenvalue weighted by molar-refractivity contribution is 14.1. The van der Waals surface area contributed by atoms with Crippen molar-refractivity contribution in [3.05, 3.63) is 51.4 Å². The lowest BCUT2D eigenvalue weighted by atomic mass is 9.79. The maximum absolute atomic E-state index is 10.1. The number of methoxy groups -OCH3 is 1. The fourth-order valence-electron chi connectivity index (χ4n) is 2.27. The second kappa shape index (κ2) is 5.11. The molecule has 1 unspecified atom stereocenters. The average molecular weight is 367 g/mol. The van der Waals surface area contributed by atoms with Gasteiger partial charge >= 0.3 is 7.12 Å². The second-order valence-electron chi connectivity index (χ2n) is 4.27. The summed E-state index contributed by atoms with van der Waals surface area (Å²) >= 11 is 2.18. The highest BCUT2D eigenvalue weighted by Gasteiger charge is 2.38. The van der Waals surface area contributed by atoms with Crippen molar-refractivity contribution in [1.29, 1.82) is 0 Å². The van der Waals surface area contributed by atoms with Crippen molar-refractivity contribution in [3.8, 4) is 5.75 Å². The van der Waals surface area contributed by atoms with E-state index in [-0.39, 0.29) is 6.10 Å². The fraction of sp³-hybridized carbons (Fsp3) is 0.154. The van der Waals surface area contributed by atoms with E-state index < -0.39 is 7.12 Å². The third-order valence-electron chi connectivity index (χ3n) is 3.15. The quantitative estimate of drug-likeness (QED) is 0.646. The highest BCUT2D eigenvalue weighted by Crippen LogP contribution is 2.33. The third kappa shape index (κ3) is 2.24. The molecular formula is C13H11BINO3. The Morgan fingerprint density at radius 2 is 2.32 bits per heavy atom. The molecule has 2 heterocycles. The van der Waals surface area contributed by atoms with E-state index in [9.17, 15) is 5.02 Å². The summed E-state index contributed by atoms with van der Waals surface area (Å²) in [6.45, 7) is 0. The molecule has 0 amide bonds. The van der Waals surface area contributed by atoms with Crippen molar-refractivity contribution < 1.29 is 14.4 Å². The molecule has 1 N–H and O–H groups in total. The van der Waals surface area contributed by atoms with E-state index in [2.05, 4.69) is 27.6 Å². The minimum absolute atomic E-state index is 0.303. The van der Waals surface area contributed by atoms with Crippen LogP contribution >= 0.6 is 22.6 Å². The van der Waals surface area contributed by atoms with Gasteiger partial charge in [-0.15, -0.1) is 0 Å². The van der Waals surface area contributed by atoms with Crippen molar-refractivity contribution in [2.45, 2.75) is 6.10 Å². The Morgan fingerprint density at radius 1 is 1.47 bits per heavy atom. The first-order chi connectivity index (χ1) is 9.20. The number of benzene rings is 1. The summed E-state index contributed by atoms with van der Waals surface area (Å²) in [6.07, 6.45) is 3.16. The van der Waals surface area contributed by atoms with Gasteiger partial charge in [0.15, 0.2) is 0 Å². The summed E-state index contributed by atoms with van der Waals surface area (Å²) in [6, 6.07) is 7.59. The van der Waals surface area contributed by atoms with Gasteiger partial charge in [0.05, 0.1) is 13.2 Å². The topological polar surface area (TPSA) is 51.6 Å². The van der Waals surface area contributed by atoms with Crippen molar-refractivity contribution in [2.24, 2.45) is 0 Å². The Kier molecular flexibility index (Phi) is 3.47. The molecule has 1 aromatic carbocycles. The predicted molar refractivity (Wildman–Crippen MR) is 80.5 cm³/mol. The van der Waals surface area contributed by atoms with Gasteiger partial charge in [0.1, 0.15) is 5.75 Å². The van der Waals surface area contributed by atoms with E-state index in [1.807, 2.05) is 24.3 Å². The molecule has 1 aliphatic rings. The molecule has 0 saturated carbocycles. The molecule has 19 heavy (non-hydrogen) atoms. The number of fused-ring (bicyclic) bond motifs is 1. The third-order valence-corrected chi connectivity index (χ3v) is 4.04. The maximum Gasteiger partial charge on any atom is 0.493 e. The van der Waals surface area contributed by atoms with Crippen molar-refractivity contribution >= 4 is 35.2 Å². The van der Waals surface area contributed by atoms with Gasteiger partial charge in [-0.1, -0.05) is 6.07 Å². The van der Waals surface area contributed by atoms with Gasteiger partial charge in [-0.05, 0) is 46.4 Å². The number of ether oxygens (including phenoxy) is 1. The van der Waals surface area contributed by atoms with Crippen LogP contribution in [0.15, 0.2) is 36.7 Å². The standard InChI is InChI=1S/C13H11BINO3/c1-18-9-5-10-12(11(15)6-9)14(17)19-13(10)8-3-2-4-16-7-8/h2-7,13,17H,1H3. The highest BCUT2D eigenvalue weighted by atomic mass is 127. The molecule has 0 spiro atoms. The van der Waals surface area contributed by atoms with Crippen molar-refractivity contribution in [1.82, 2.24) is 4.98 Å². The molecule has 1 aromatic heterocycles. The van der Waals surface area contributed by atoms with E-state index in [4.69, 9.17) is 9.39 Å². The van der Waals surface area contributed by atoms with E-state index in [1.165, 1.54) is 0 Å². The Bertz CT molecular complexity index is 608. The van der Waals surface area contributed by atoms with E-state index in [0.29, 0.717) is 0 Å². The van der Waals surface area contributed by atoms with Crippen LogP contribution in [0.2, 0.25) is 0 Å². The molecule has 3 rings (SSSR count). The van der Waals surface area contributed by atoms with Crippen LogP contribution in [-0.2, 0) is 4.65 Å². The van der Waals surface area contributed by atoms with Crippen molar-refractivity contribution in [2.75, 3.05) is 7.11 Å². The normalized spacial score (nSPS) is 17.4. The van der Waals surface area contributed by atoms with E-state index in [1.54, 1.807) is 19.5 Å². The summed E-state index contributed by atoms with van der Waals surface area (Å²) in [4.78, 5) is 4.10. The SMILES string of the molecule is COc1cc(I)c2c(c1)C(c1cccnc1)OB2O. The van der Waals surface area contributed by atoms with Crippen LogP contribution in [0, 0.1) is 3.57 Å². The van der Waals surface area contributed by atoms with Crippen LogP contribution in [0.3, 0.4) is 0 Å². The monoisotopic (exact) mass is 367 g/mol. The minimum Gasteiger partial charge on any atom is -0.497 e. The summed E-state index contributed by atoms with van der Waals surface area (Å²) < 4.78 is 11.9. The summed E-state index contributed by atoms with van der Waals surface area (Å²) in [5, 5.41) is 10.1. The minimum atomic E-state index is -0.905. The lowest BCUT2D eigenvalue weighted by molar-refractivity contribution is 0.226. The number of rotatable bonds is 2. The number of nitrogens with zero attached hydrogens (tertiary/aromatic N) is 1. The molecule has 6 heteroatoms. The molecular weight excluding hydrogens is 356 g/mol. The lowest BCUT2D eigenvalue weighted by Crippen LogP contribution is -2.30. The maximum atomic E-state index is 10.1. The number of halogens is 1. The summed E-state index contributed by atoms with van der Waals surface area (Å²) in [7, 11) is 0.723. The zero-order valence-corrected chi connectivity index (χ0v) is 12.4. The van der Waals surface area contributed by atoms with Gasteiger partial charge in [-0.2, -0.15) is 0 Å². The van der Waals surface area contributed by atoms with Crippen LogP contribution in [-0.4, -0.2) is 24.2 Å². The van der Waals surface area contributed by atoms with Crippen LogP contribution in [0.1, 0.15) is 17.2 Å². The van der Waals surface area contributed by atoms with Gasteiger partial charge in [-0.25, -0.2) is 0 Å². The zero-order valence-electron chi connectivity index (χ0n) is 10.2. The Labute approximate surface area is 125 Å². The molecule has 1 atom stereocenters. The first kappa shape index (κ1) is 12.9. The molecule has 0 bridgehead atoms. The molecule has 96 valence electrons. The second-order valence-corrected chi connectivity index (χ2v) is 5.43. The molecule has 2 aromatic rings. The van der Waals surface area contributed by atoms with Gasteiger partial charge in [0, 0.05) is 27.0 Å². The molecule has 4 nitrogen and oxygen atoms in total. The fourth-order valence-corrected chi connectivity index (χ4v) is 3.15. The lowest BCUT2D eigenvalue weighted by Gasteiger charge is -2.13.